The predicted octanol–water partition coefficient (Wildman–Crippen LogP) is -0.0966. The standard InChI is InChI=1S/C20H23N5O7/c26-8-13-16(29)17(30)20(32-13)25-10-24-15-18(22-9-23-19(15)25)21-7-11-1-3-12(4-2-11)31-6-5-14(27)28/h1-4,9-10,13,16-17,20,26,29-30H,5-8H2,(H,27,28)(H,21,22,23). The maximum absolute atomic E-state index is 10.5. The number of carbonyl (C=O) groups is 1. The van der Waals surface area contributed by atoms with E-state index < -0.39 is 37.1 Å². The number of nitrogens with one attached hydrogen (secondary N) is 1. The number of rotatable bonds is 9. The van der Waals surface area contributed by atoms with Gasteiger partial charge < -0.3 is 35.2 Å². The van der Waals surface area contributed by atoms with Crippen LogP contribution < -0.4 is 10.1 Å². The second-order valence-corrected chi connectivity index (χ2v) is 7.26. The molecule has 0 radical (unpaired) electrons. The molecule has 3 heterocycles. The third-order valence-corrected chi connectivity index (χ3v) is 5.12. The Bertz CT molecular complexity index is 1070. The van der Waals surface area contributed by atoms with Crippen LogP contribution in [0.1, 0.15) is 18.2 Å². The van der Waals surface area contributed by atoms with Crippen molar-refractivity contribution in [3.8, 4) is 5.75 Å². The summed E-state index contributed by atoms with van der Waals surface area (Å²) in [4.78, 5) is 23.3. The van der Waals surface area contributed by atoms with Gasteiger partial charge >= 0.3 is 5.97 Å². The van der Waals surface area contributed by atoms with Gasteiger partial charge in [0, 0.05) is 6.54 Å². The normalized spacial score (nSPS) is 22.8. The van der Waals surface area contributed by atoms with Crippen LogP contribution in [-0.2, 0) is 16.1 Å². The van der Waals surface area contributed by atoms with E-state index in [1.807, 2.05) is 12.1 Å². The number of benzene rings is 1. The summed E-state index contributed by atoms with van der Waals surface area (Å²) in [6.07, 6.45) is -1.59. The van der Waals surface area contributed by atoms with Crippen molar-refractivity contribution in [3.63, 3.8) is 0 Å². The highest BCUT2D eigenvalue weighted by Gasteiger charge is 2.44. The maximum atomic E-state index is 10.5. The highest BCUT2D eigenvalue weighted by molar-refractivity contribution is 5.82. The third kappa shape index (κ3) is 4.48. The number of aliphatic carboxylic acids is 1. The Balaban J connectivity index is 1.44. The van der Waals surface area contributed by atoms with Crippen LogP contribution in [0.2, 0.25) is 0 Å². The first-order valence-corrected chi connectivity index (χ1v) is 9.95. The molecule has 0 saturated carbocycles. The molecule has 2 aromatic heterocycles. The molecule has 170 valence electrons. The van der Waals surface area contributed by atoms with E-state index >= 15 is 0 Å². The molecule has 1 fully saturated rings. The van der Waals surface area contributed by atoms with Crippen molar-refractivity contribution in [2.75, 3.05) is 18.5 Å². The zero-order valence-corrected chi connectivity index (χ0v) is 16.9. The molecular weight excluding hydrogens is 422 g/mol. The Kier molecular flexibility index (Phi) is 6.46. The van der Waals surface area contributed by atoms with Crippen LogP contribution in [0, 0.1) is 0 Å². The number of anilines is 1. The minimum atomic E-state index is -1.24. The number of fused-ring (bicyclic) bond motifs is 1. The van der Waals surface area contributed by atoms with Gasteiger partial charge in [-0.2, -0.15) is 0 Å². The van der Waals surface area contributed by atoms with Gasteiger partial charge in [-0.25, -0.2) is 15.0 Å². The van der Waals surface area contributed by atoms with Gasteiger partial charge in [0.15, 0.2) is 23.2 Å². The summed E-state index contributed by atoms with van der Waals surface area (Å²) in [6.45, 7) is 0.110. The van der Waals surface area contributed by atoms with Gasteiger partial charge in [0.1, 0.15) is 30.4 Å². The van der Waals surface area contributed by atoms with Crippen molar-refractivity contribution in [2.45, 2.75) is 37.5 Å². The summed E-state index contributed by atoms with van der Waals surface area (Å²) < 4.78 is 12.4. The molecular formula is C20H23N5O7. The van der Waals surface area contributed by atoms with E-state index in [1.165, 1.54) is 17.2 Å². The molecule has 32 heavy (non-hydrogen) atoms. The number of aliphatic hydroxyl groups is 3. The first-order chi connectivity index (χ1) is 15.5. The fraction of sp³-hybridized carbons (Fsp3) is 0.400. The SMILES string of the molecule is O=C(O)CCOc1ccc(CNc2ncnc3c2ncn3C2OC(CO)C(O)C2O)cc1. The molecule has 1 aromatic carbocycles. The highest BCUT2D eigenvalue weighted by Crippen LogP contribution is 2.32. The molecule has 1 saturated heterocycles. The van der Waals surface area contributed by atoms with Crippen molar-refractivity contribution in [3.05, 3.63) is 42.5 Å². The van der Waals surface area contributed by atoms with E-state index in [0.29, 0.717) is 29.3 Å². The van der Waals surface area contributed by atoms with Gasteiger partial charge in [0.25, 0.3) is 0 Å². The summed E-state index contributed by atoms with van der Waals surface area (Å²) in [7, 11) is 0. The summed E-state index contributed by atoms with van der Waals surface area (Å²) in [5.41, 5.74) is 1.80. The van der Waals surface area contributed by atoms with Crippen molar-refractivity contribution in [1.82, 2.24) is 19.5 Å². The fourth-order valence-electron chi connectivity index (χ4n) is 3.42. The van der Waals surface area contributed by atoms with Crippen LogP contribution >= 0.6 is 0 Å². The molecule has 4 rings (SSSR count). The third-order valence-electron chi connectivity index (χ3n) is 5.12. The Morgan fingerprint density at radius 1 is 1.16 bits per heavy atom. The summed E-state index contributed by atoms with van der Waals surface area (Å²) in [5.74, 6) is 0.141. The minimum Gasteiger partial charge on any atom is -0.493 e. The Hall–Kier alpha value is -3.32. The maximum Gasteiger partial charge on any atom is 0.306 e. The Morgan fingerprint density at radius 3 is 2.62 bits per heavy atom. The van der Waals surface area contributed by atoms with E-state index in [2.05, 4.69) is 20.3 Å². The van der Waals surface area contributed by atoms with E-state index in [4.69, 9.17) is 14.6 Å². The van der Waals surface area contributed by atoms with Crippen molar-refractivity contribution in [2.24, 2.45) is 0 Å². The van der Waals surface area contributed by atoms with Crippen LogP contribution in [0.3, 0.4) is 0 Å². The molecule has 0 spiro atoms. The molecule has 4 unspecified atom stereocenters. The Morgan fingerprint density at radius 2 is 1.94 bits per heavy atom. The highest BCUT2D eigenvalue weighted by atomic mass is 16.6. The van der Waals surface area contributed by atoms with Crippen LogP contribution in [0.15, 0.2) is 36.9 Å². The van der Waals surface area contributed by atoms with Crippen molar-refractivity contribution < 1.29 is 34.7 Å². The number of aliphatic hydroxyl groups excluding tert-OH is 3. The number of aromatic nitrogens is 4. The number of carboxylic acids is 1. The predicted molar refractivity (Wildman–Crippen MR) is 110 cm³/mol. The topological polar surface area (TPSA) is 172 Å². The second-order valence-electron chi connectivity index (χ2n) is 7.26. The number of carboxylic acid groups (broad SMARTS) is 1. The van der Waals surface area contributed by atoms with Gasteiger partial charge in [-0.1, -0.05) is 12.1 Å². The molecule has 4 atom stereocenters. The average molecular weight is 445 g/mol. The Labute approximate surface area is 182 Å². The lowest BCUT2D eigenvalue weighted by molar-refractivity contribution is -0.137. The summed E-state index contributed by atoms with van der Waals surface area (Å²) >= 11 is 0. The zero-order chi connectivity index (χ0) is 22.7. The number of imidazole rings is 1. The average Bonchev–Trinajstić information content (AvgIpc) is 3.34. The zero-order valence-electron chi connectivity index (χ0n) is 16.9. The number of nitrogens with zero attached hydrogens (tertiary/aromatic N) is 4. The number of ether oxygens (including phenoxy) is 2. The lowest BCUT2D eigenvalue weighted by Gasteiger charge is -2.16. The van der Waals surface area contributed by atoms with Crippen molar-refractivity contribution in [1.29, 1.82) is 0 Å². The van der Waals surface area contributed by atoms with Crippen LogP contribution in [-0.4, -0.2) is 77.4 Å². The molecule has 1 aliphatic heterocycles. The molecule has 5 N–H and O–H groups in total. The van der Waals surface area contributed by atoms with Crippen molar-refractivity contribution >= 4 is 23.0 Å². The van der Waals surface area contributed by atoms with E-state index in [0.717, 1.165) is 5.56 Å². The monoisotopic (exact) mass is 445 g/mol. The lowest BCUT2D eigenvalue weighted by Crippen LogP contribution is -2.33. The molecule has 3 aromatic rings. The smallest absolute Gasteiger partial charge is 0.306 e. The quantitative estimate of drug-likeness (QED) is 0.298. The molecule has 1 aliphatic rings. The van der Waals surface area contributed by atoms with Gasteiger partial charge in [0.2, 0.25) is 0 Å². The largest absolute Gasteiger partial charge is 0.493 e. The first kappa shape index (κ1) is 21.9. The molecule has 0 amide bonds. The summed E-state index contributed by atoms with van der Waals surface area (Å²) in [5, 5.41) is 41.4. The molecule has 0 bridgehead atoms. The fourth-order valence-corrected chi connectivity index (χ4v) is 3.42. The minimum absolute atomic E-state index is 0.0673. The van der Waals surface area contributed by atoms with Gasteiger partial charge in [-0.15, -0.1) is 0 Å². The van der Waals surface area contributed by atoms with Gasteiger partial charge in [-0.05, 0) is 17.7 Å². The lowest BCUT2D eigenvalue weighted by atomic mass is 10.1. The molecule has 12 nitrogen and oxygen atoms in total. The van der Waals surface area contributed by atoms with Crippen LogP contribution in [0.4, 0.5) is 5.82 Å². The molecule has 12 heteroatoms. The van der Waals surface area contributed by atoms with Gasteiger partial charge in [0.05, 0.1) is 26.0 Å². The number of hydrogen-bond donors (Lipinski definition) is 5. The number of hydrogen-bond acceptors (Lipinski definition) is 10. The second kappa shape index (κ2) is 9.44. The van der Waals surface area contributed by atoms with Crippen LogP contribution in [0.25, 0.3) is 11.2 Å². The van der Waals surface area contributed by atoms with Gasteiger partial charge in [-0.3, -0.25) is 9.36 Å². The first-order valence-electron chi connectivity index (χ1n) is 9.95. The van der Waals surface area contributed by atoms with E-state index in [1.54, 1.807) is 12.1 Å². The molecule has 0 aliphatic carbocycles. The van der Waals surface area contributed by atoms with Crippen LogP contribution in [0.5, 0.6) is 5.75 Å². The van der Waals surface area contributed by atoms with E-state index in [-0.39, 0.29) is 13.0 Å². The summed E-state index contributed by atoms with van der Waals surface area (Å²) in [6, 6.07) is 7.20. The van der Waals surface area contributed by atoms with E-state index in [9.17, 15) is 20.1 Å².